The summed E-state index contributed by atoms with van der Waals surface area (Å²) < 4.78 is 78.6. The van der Waals surface area contributed by atoms with Gasteiger partial charge in [-0.15, -0.1) is 0 Å². The van der Waals surface area contributed by atoms with Gasteiger partial charge < -0.3 is 40.2 Å². The summed E-state index contributed by atoms with van der Waals surface area (Å²) in [4.78, 5) is 53.4. The van der Waals surface area contributed by atoms with Crippen LogP contribution in [-0.4, -0.2) is 107 Å². The zero-order valence-corrected chi connectivity index (χ0v) is 26.4. The molecule has 0 aromatic carbocycles. The summed E-state index contributed by atoms with van der Waals surface area (Å²) in [6.45, 7) is -1.59. The van der Waals surface area contributed by atoms with Crippen LogP contribution in [0.4, 0.5) is 11.8 Å². The number of nitrogens with two attached hydrogens (primary N) is 2. The molecule has 4 aliphatic rings. The van der Waals surface area contributed by atoms with Crippen molar-refractivity contribution < 1.29 is 56.0 Å². The Morgan fingerprint density at radius 1 is 1.09 bits per heavy atom. The highest BCUT2D eigenvalue weighted by Gasteiger charge is 2.66. The highest BCUT2D eigenvalue weighted by atomic mass is 32.1. The van der Waals surface area contributed by atoms with E-state index in [1.165, 1.54) is 24.3 Å². The Hall–Kier alpha value is -3.02. The predicted octanol–water partition coefficient (Wildman–Crippen LogP) is -0.477. The van der Waals surface area contributed by atoms with Gasteiger partial charge in [-0.25, -0.2) is 29.1 Å². The molecule has 2 unspecified atom stereocenters. The number of phosphoric acid groups is 2. The Labute approximate surface area is 265 Å². The average molecular weight is 718 g/mol. The molecular formula is C22H25N9O13P2S. The maximum atomic E-state index is 13.6. The van der Waals surface area contributed by atoms with E-state index in [9.17, 15) is 23.7 Å². The number of H-pyrrole nitrogens is 1. The first-order chi connectivity index (χ1) is 22.4. The number of imidazole rings is 1. The summed E-state index contributed by atoms with van der Waals surface area (Å²) in [6, 6.07) is 0. The molecule has 0 spiro atoms. The molecule has 4 aromatic rings. The Morgan fingerprint density at radius 2 is 1.89 bits per heavy atom. The number of hydrogen-bond donors (Lipinski definition) is 5. The fourth-order valence-corrected chi connectivity index (χ4v) is 9.04. The summed E-state index contributed by atoms with van der Waals surface area (Å²) in [7, 11) is -8.68. The first-order valence-electron chi connectivity index (χ1n) is 13.8. The quantitative estimate of drug-likeness (QED) is 0.167. The molecule has 7 N–H and O–H groups in total. The van der Waals surface area contributed by atoms with E-state index >= 15 is 0 Å². The number of phosphoric ester groups is 2. The van der Waals surface area contributed by atoms with E-state index in [1.54, 1.807) is 0 Å². The second kappa shape index (κ2) is 11.0. The van der Waals surface area contributed by atoms with Gasteiger partial charge in [0.05, 0.1) is 31.0 Å². The lowest BCUT2D eigenvalue weighted by Crippen LogP contribution is -2.45. The number of rotatable bonds is 3. The standard InChI is InChI=1S/C22H25N9O13P2S/c1-37-11-7-2-39-45(33,34)44-16-14-20(31-6-27-10-17(23)25-5-26-18(10)31)42-22(16,3-38-14)4-40-46(35,36)43-12(11)13(41-7)15-8-9(30-47-15)19(32)29-21(24)28-8/h5-7,11-14,16,20H,2-4H2,1H3,(H,33,34)(H,35,36)(H2,23,25,26)(H3,24,28,29,32)/t7-,11-,12-,13-,14-,16+,20-,22-/m1/s1. The second-order valence-corrected chi connectivity index (χ2v) is 14.6. The zero-order chi connectivity index (χ0) is 32.9. The zero-order valence-electron chi connectivity index (χ0n) is 23.8. The summed E-state index contributed by atoms with van der Waals surface area (Å²) in [5, 5.41) is 0. The summed E-state index contributed by atoms with van der Waals surface area (Å²) >= 11 is 0.810. The molecule has 252 valence electrons. The van der Waals surface area contributed by atoms with Crippen LogP contribution in [0.1, 0.15) is 17.2 Å². The van der Waals surface area contributed by atoms with E-state index in [1.807, 2.05) is 0 Å². The van der Waals surface area contributed by atoms with E-state index in [4.69, 9.17) is 48.5 Å². The first-order valence-corrected chi connectivity index (χ1v) is 17.5. The Kier molecular flexibility index (Phi) is 7.32. The minimum absolute atomic E-state index is 0.0533. The van der Waals surface area contributed by atoms with E-state index in [2.05, 4.69) is 29.3 Å². The van der Waals surface area contributed by atoms with Gasteiger partial charge in [0.15, 0.2) is 23.2 Å². The van der Waals surface area contributed by atoms with Crippen LogP contribution in [0.15, 0.2) is 17.4 Å². The van der Waals surface area contributed by atoms with E-state index in [0.29, 0.717) is 0 Å². The molecule has 4 saturated heterocycles. The van der Waals surface area contributed by atoms with Gasteiger partial charge in [-0.1, -0.05) is 0 Å². The molecule has 4 bridgehead atoms. The molecule has 0 saturated carbocycles. The maximum Gasteiger partial charge on any atom is 0.472 e. The lowest BCUT2D eigenvalue weighted by molar-refractivity contribution is -0.184. The molecule has 25 heteroatoms. The molecule has 8 heterocycles. The lowest BCUT2D eigenvalue weighted by atomic mass is 10.0. The van der Waals surface area contributed by atoms with Crippen LogP contribution < -0.4 is 17.0 Å². The highest BCUT2D eigenvalue weighted by Crippen LogP contribution is 2.58. The van der Waals surface area contributed by atoms with Crippen molar-refractivity contribution in [3.8, 4) is 0 Å². The van der Waals surface area contributed by atoms with Gasteiger partial charge in [0, 0.05) is 7.11 Å². The van der Waals surface area contributed by atoms with Crippen LogP contribution >= 0.6 is 27.2 Å². The van der Waals surface area contributed by atoms with Crippen molar-refractivity contribution in [2.75, 3.05) is 38.4 Å². The third-order valence-corrected chi connectivity index (χ3v) is 11.1. The fraction of sp³-hybridized carbons (Fsp3) is 0.545. The summed E-state index contributed by atoms with van der Waals surface area (Å²) in [5.74, 6) is -0.105. The van der Waals surface area contributed by atoms with Crippen molar-refractivity contribution in [3.63, 3.8) is 0 Å². The topological polar surface area (TPSA) is 303 Å². The number of ether oxygens (including phenoxy) is 4. The minimum atomic E-state index is -5.02. The van der Waals surface area contributed by atoms with Crippen LogP contribution in [0.5, 0.6) is 0 Å². The Morgan fingerprint density at radius 3 is 2.70 bits per heavy atom. The maximum absolute atomic E-state index is 13.6. The molecule has 4 aromatic heterocycles. The Bertz CT molecular complexity index is 2050. The van der Waals surface area contributed by atoms with E-state index < -0.39 is 82.9 Å². The number of nitrogens with zero attached hydrogens (tertiary/aromatic N) is 6. The van der Waals surface area contributed by atoms with Gasteiger partial charge >= 0.3 is 15.6 Å². The molecule has 0 aliphatic carbocycles. The molecule has 10 atom stereocenters. The molecular weight excluding hydrogens is 692 g/mol. The number of aromatic nitrogens is 7. The van der Waals surface area contributed by atoms with Gasteiger partial charge in [0.2, 0.25) is 5.95 Å². The van der Waals surface area contributed by atoms with Gasteiger partial charge in [0.1, 0.15) is 59.6 Å². The number of anilines is 2. The number of hydrogen-bond acceptors (Lipinski definition) is 19. The number of aromatic amines is 1. The molecule has 0 amide bonds. The van der Waals surface area contributed by atoms with E-state index in [-0.39, 0.29) is 45.4 Å². The number of nitrogen functional groups attached to an aromatic ring is 2. The van der Waals surface area contributed by atoms with Crippen molar-refractivity contribution >= 4 is 61.1 Å². The third-order valence-electron chi connectivity index (χ3n) is 8.23. The normalized spacial score (nSPS) is 39.1. The molecule has 4 fully saturated rings. The monoisotopic (exact) mass is 717 g/mol. The van der Waals surface area contributed by atoms with Crippen molar-refractivity contribution in [1.82, 2.24) is 33.9 Å². The molecule has 47 heavy (non-hydrogen) atoms. The van der Waals surface area contributed by atoms with Gasteiger partial charge in [-0.2, -0.15) is 4.37 Å². The molecule has 8 rings (SSSR count). The SMILES string of the molecule is CO[C@H]1[C@H]2OP(=O)(O)OC[C@@]34CO[C@@H]([C@H](n5cnc6c(N)ncnc65)O3)[C@@H]4OP(=O)(O)OC[C@H]1O[C@H]2c1snc2c(=O)[nH]c(N)nc12. The van der Waals surface area contributed by atoms with Crippen molar-refractivity contribution in [1.29, 1.82) is 0 Å². The highest BCUT2D eigenvalue weighted by molar-refractivity contribution is 7.47. The van der Waals surface area contributed by atoms with Crippen molar-refractivity contribution in [2.45, 2.75) is 48.5 Å². The first kappa shape index (κ1) is 31.3. The number of fused-ring (bicyclic) bond motifs is 4. The molecule has 22 nitrogen and oxygen atoms in total. The van der Waals surface area contributed by atoms with Crippen LogP contribution in [-0.2, 0) is 46.2 Å². The van der Waals surface area contributed by atoms with Gasteiger partial charge in [-0.05, 0) is 11.5 Å². The molecule has 4 aliphatic heterocycles. The van der Waals surface area contributed by atoms with Crippen LogP contribution in [0.25, 0.3) is 22.2 Å². The predicted molar refractivity (Wildman–Crippen MR) is 154 cm³/mol. The summed E-state index contributed by atoms with van der Waals surface area (Å²) in [6.07, 6.45) is -5.89. The average Bonchev–Trinajstić information content (AvgIpc) is 3.82. The third kappa shape index (κ3) is 5.10. The van der Waals surface area contributed by atoms with Gasteiger partial charge in [0.25, 0.3) is 5.56 Å². The fourth-order valence-electron chi connectivity index (χ4n) is 6.19. The minimum Gasteiger partial charge on any atom is -0.382 e. The smallest absolute Gasteiger partial charge is 0.382 e. The second-order valence-electron chi connectivity index (χ2n) is 11.0. The van der Waals surface area contributed by atoms with E-state index in [0.717, 1.165) is 11.5 Å². The number of methoxy groups -OCH3 is 1. The van der Waals surface area contributed by atoms with Crippen LogP contribution in [0, 0.1) is 0 Å². The summed E-state index contributed by atoms with van der Waals surface area (Å²) in [5.41, 5.74) is 9.86. The Balaban J connectivity index is 1.15. The number of nitrogens with one attached hydrogen (secondary N) is 1. The molecule has 0 radical (unpaired) electrons. The van der Waals surface area contributed by atoms with Crippen molar-refractivity contribution in [2.24, 2.45) is 0 Å². The largest absolute Gasteiger partial charge is 0.472 e. The van der Waals surface area contributed by atoms with Crippen molar-refractivity contribution in [3.05, 3.63) is 27.9 Å². The van der Waals surface area contributed by atoms with Gasteiger partial charge in [-0.3, -0.25) is 32.4 Å². The lowest BCUT2D eigenvalue weighted by Gasteiger charge is -2.32. The van der Waals surface area contributed by atoms with Crippen LogP contribution in [0.2, 0.25) is 0 Å². The van der Waals surface area contributed by atoms with Crippen LogP contribution in [0.3, 0.4) is 0 Å².